The molecule has 1 aromatic heterocycles. The number of hydrogen-bond donors (Lipinski definition) is 2. The van der Waals surface area contributed by atoms with E-state index in [2.05, 4.69) is 10.4 Å². The molecule has 108 valence electrons. The second-order valence-corrected chi connectivity index (χ2v) is 4.89. The summed E-state index contributed by atoms with van der Waals surface area (Å²) < 4.78 is 1.56. The average molecular weight is 286 g/mol. The van der Waals surface area contributed by atoms with Gasteiger partial charge in [0.15, 0.2) is 0 Å². The van der Waals surface area contributed by atoms with Gasteiger partial charge in [0.1, 0.15) is 6.04 Å². The summed E-state index contributed by atoms with van der Waals surface area (Å²) in [5.74, 6) is -1.02. The van der Waals surface area contributed by atoms with E-state index >= 15 is 0 Å². The molecule has 2 heterocycles. The number of aryl methyl sites for hydroxylation is 1. The van der Waals surface area contributed by atoms with Crippen molar-refractivity contribution in [1.29, 1.82) is 0 Å². The molecule has 7 nitrogen and oxygen atoms in total. The lowest BCUT2D eigenvalue weighted by Gasteiger charge is -2.22. The van der Waals surface area contributed by atoms with Gasteiger partial charge in [0.05, 0.1) is 11.9 Å². The molecule has 0 saturated heterocycles. The number of hydrogen-bond acceptors (Lipinski definition) is 3. The topological polar surface area (TPSA) is 87.5 Å². The Morgan fingerprint density at radius 3 is 2.81 bits per heavy atom. The monoisotopic (exact) mass is 286 g/mol. The van der Waals surface area contributed by atoms with E-state index < -0.39 is 18.0 Å². The Balaban J connectivity index is 1.90. The summed E-state index contributed by atoms with van der Waals surface area (Å²) in [6.07, 6.45) is 3.47. The number of carboxylic acids is 1. The number of carboxylic acid groups (broad SMARTS) is 1. The van der Waals surface area contributed by atoms with Gasteiger partial charge in [0.2, 0.25) is 0 Å². The highest BCUT2D eigenvalue weighted by Crippen LogP contribution is 2.32. The molecule has 2 aromatic rings. The van der Waals surface area contributed by atoms with Crippen LogP contribution in [0.15, 0.2) is 36.7 Å². The summed E-state index contributed by atoms with van der Waals surface area (Å²) in [4.78, 5) is 25.1. The standard InChI is InChI=1S/C14H14N4O3/c1-17-8-10(7-15-17)16-14(21)18-11-5-3-2-4-9(11)6-12(18)13(19)20/h2-5,7-8,12H,6H2,1H3,(H,16,21)(H,19,20). The third kappa shape index (κ3) is 2.33. The Morgan fingerprint density at radius 1 is 1.38 bits per heavy atom. The van der Waals surface area contributed by atoms with Gasteiger partial charge in [-0.1, -0.05) is 18.2 Å². The van der Waals surface area contributed by atoms with Crippen molar-refractivity contribution in [3.63, 3.8) is 0 Å². The maximum atomic E-state index is 12.4. The van der Waals surface area contributed by atoms with E-state index in [0.717, 1.165) is 5.56 Å². The van der Waals surface area contributed by atoms with Crippen LogP contribution in [0.5, 0.6) is 0 Å². The molecular weight excluding hydrogens is 272 g/mol. The molecule has 1 unspecified atom stereocenters. The van der Waals surface area contributed by atoms with Crippen LogP contribution in [-0.4, -0.2) is 32.9 Å². The fraction of sp³-hybridized carbons (Fsp3) is 0.214. The molecule has 1 aromatic carbocycles. The van der Waals surface area contributed by atoms with E-state index in [-0.39, 0.29) is 0 Å². The number of nitrogens with one attached hydrogen (secondary N) is 1. The van der Waals surface area contributed by atoms with E-state index in [0.29, 0.717) is 17.8 Å². The third-order valence-corrected chi connectivity index (χ3v) is 3.44. The molecule has 0 spiro atoms. The lowest BCUT2D eigenvalue weighted by molar-refractivity contribution is -0.138. The molecule has 2 amide bonds. The maximum absolute atomic E-state index is 12.4. The number of amides is 2. The zero-order valence-electron chi connectivity index (χ0n) is 11.4. The van der Waals surface area contributed by atoms with Crippen LogP contribution < -0.4 is 10.2 Å². The minimum absolute atomic E-state index is 0.311. The Kier molecular flexibility index (Phi) is 3.09. The number of urea groups is 1. The van der Waals surface area contributed by atoms with Crippen molar-refractivity contribution < 1.29 is 14.7 Å². The van der Waals surface area contributed by atoms with Crippen molar-refractivity contribution >= 4 is 23.4 Å². The summed E-state index contributed by atoms with van der Waals surface area (Å²) in [6.45, 7) is 0. The van der Waals surface area contributed by atoms with Crippen molar-refractivity contribution in [2.45, 2.75) is 12.5 Å². The smallest absolute Gasteiger partial charge is 0.327 e. The first-order valence-corrected chi connectivity index (χ1v) is 6.46. The number of aromatic nitrogens is 2. The molecule has 0 aliphatic carbocycles. The summed E-state index contributed by atoms with van der Waals surface area (Å²) >= 11 is 0. The molecule has 7 heteroatoms. The third-order valence-electron chi connectivity index (χ3n) is 3.44. The van der Waals surface area contributed by atoms with Gasteiger partial charge < -0.3 is 10.4 Å². The first-order valence-electron chi connectivity index (χ1n) is 6.46. The van der Waals surface area contributed by atoms with Crippen LogP contribution in [0.4, 0.5) is 16.2 Å². The minimum Gasteiger partial charge on any atom is -0.480 e. The number of anilines is 2. The number of aliphatic carboxylic acids is 1. The molecule has 21 heavy (non-hydrogen) atoms. The summed E-state index contributed by atoms with van der Waals surface area (Å²) in [6, 6.07) is 5.84. The van der Waals surface area contributed by atoms with Crippen molar-refractivity contribution in [2.75, 3.05) is 10.2 Å². The SMILES string of the molecule is Cn1cc(NC(=O)N2c3ccccc3CC2C(=O)O)cn1. The fourth-order valence-corrected chi connectivity index (χ4v) is 2.50. The highest BCUT2D eigenvalue weighted by Gasteiger charge is 2.38. The normalized spacial score (nSPS) is 16.6. The average Bonchev–Trinajstić information content (AvgIpc) is 3.02. The minimum atomic E-state index is -1.02. The van der Waals surface area contributed by atoms with Crippen LogP contribution in [0.25, 0.3) is 0 Å². The second kappa shape index (κ2) is 4.93. The molecule has 3 rings (SSSR count). The number of fused-ring (bicyclic) bond motifs is 1. The summed E-state index contributed by atoms with van der Waals surface area (Å²) in [5.41, 5.74) is 2.01. The molecule has 1 aliphatic heterocycles. The highest BCUT2D eigenvalue weighted by atomic mass is 16.4. The number of nitrogens with zero attached hydrogens (tertiary/aromatic N) is 3. The fourth-order valence-electron chi connectivity index (χ4n) is 2.50. The number of carbonyl (C=O) groups excluding carboxylic acids is 1. The van der Waals surface area contributed by atoms with E-state index in [1.165, 1.54) is 11.1 Å². The van der Waals surface area contributed by atoms with Gasteiger partial charge in [-0.15, -0.1) is 0 Å². The van der Waals surface area contributed by atoms with Gasteiger partial charge in [-0.2, -0.15) is 5.10 Å². The zero-order valence-corrected chi connectivity index (χ0v) is 11.4. The zero-order chi connectivity index (χ0) is 15.0. The molecule has 1 aliphatic rings. The number of rotatable bonds is 2. The first-order chi connectivity index (χ1) is 10.1. The van der Waals surface area contributed by atoms with Crippen LogP contribution >= 0.6 is 0 Å². The first kappa shape index (κ1) is 13.2. The number of para-hydroxylation sites is 1. The largest absolute Gasteiger partial charge is 0.480 e. The van der Waals surface area contributed by atoms with Crippen molar-refractivity contribution in [1.82, 2.24) is 9.78 Å². The predicted octanol–water partition coefficient (Wildman–Crippen LogP) is 1.47. The molecule has 0 saturated carbocycles. The molecule has 0 fully saturated rings. The van der Waals surface area contributed by atoms with Gasteiger partial charge in [-0.05, 0) is 11.6 Å². The maximum Gasteiger partial charge on any atom is 0.327 e. The Morgan fingerprint density at radius 2 is 2.14 bits per heavy atom. The van der Waals surface area contributed by atoms with Crippen molar-refractivity contribution in [3.05, 3.63) is 42.2 Å². The van der Waals surface area contributed by atoms with Gasteiger partial charge in [-0.25, -0.2) is 9.59 Å². The van der Waals surface area contributed by atoms with Crippen molar-refractivity contribution in [2.24, 2.45) is 7.05 Å². The lowest BCUT2D eigenvalue weighted by atomic mass is 10.1. The van der Waals surface area contributed by atoms with Crippen molar-refractivity contribution in [3.8, 4) is 0 Å². The van der Waals surface area contributed by atoms with E-state index in [1.54, 1.807) is 30.1 Å². The Bertz CT molecular complexity index is 710. The molecule has 1 atom stereocenters. The highest BCUT2D eigenvalue weighted by molar-refractivity contribution is 6.07. The Labute approximate surface area is 120 Å². The van der Waals surface area contributed by atoms with Crippen LogP contribution in [0.1, 0.15) is 5.56 Å². The lowest BCUT2D eigenvalue weighted by Crippen LogP contribution is -2.45. The van der Waals surface area contributed by atoms with Crippen LogP contribution in [0, 0.1) is 0 Å². The molecule has 2 N–H and O–H groups in total. The van der Waals surface area contributed by atoms with E-state index in [4.69, 9.17) is 0 Å². The number of benzene rings is 1. The molecular formula is C14H14N4O3. The quantitative estimate of drug-likeness (QED) is 0.875. The van der Waals surface area contributed by atoms with Crippen LogP contribution in [0.3, 0.4) is 0 Å². The van der Waals surface area contributed by atoms with Crippen LogP contribution in [0.2, 0.25) is 0 Å². The Hall–Kier alpha value is -2.83. The van der Waals surface area contributed by atoms with Gasteiger partial charge in [-0.3, -0.25) is 9.58 Å². The van der Waals surface area contributed by atoms with Crippen LogP contribution in [-0.2, 0) is 18.3 Å². The second-order valence-electron chi connectivity index (χ2n) is 4.89. The molecule has 0 radical (unpaired) electrons. The van der Waals surface area contributed by atoms with Gasteiger partial charge >= 0.3 is 12.0 Å². The van der Waals surface area contributed by atoms with E-state index in [9.17, 15) is 14.7 Å². The predicted molar refractivity (Wildman–Crippen MR) is 76.3 cm³/mol. The summed E-state index contributed by atoms with van der Waals surface area (Å²) in [7, 11) is 1.74. The van der Waals surface area contributed by atoms with Gasteiger partial charge in [0.25, 0.3) is 0 Å². The summed E-state index contributed by atoms with van der Waals surface area (Å²) in [5, 5.41) is 16.0. The molecule has 0 bridgehead atoms. The number of carbonyl (C=O) groups is 2. The van der Waals surface area contributed by atoms with E-state index in [1.807, 2.05) is 12.1 Å². The van der Waals surface area contributed by atoms with Gasteiger partial charge in [0, 0.05) is 25.4 Å².